The van der Waals surface area contributed by atoms with Crippen molar-refractivity contribution in [3.8, 4) is 0 Å². The van der Waals surface area contributed by atoms with Crippen molar-refractivity contribution in [2.24, 2.45) is 0 Å². The van der Waals surface area contributed by atoms with Crippen LogP contribution in [0.3, 0.4) is 0 Å². The molecule has 1 aromatic carbocycles. The lowest BCUT2D eigenvalue weighted by molar-refractivity contribution is 0.170. The van der Waals surface area contributed by atoms with Gasteiger partial charge < -0.3 is 10.4 Å². The Balaban J connectivity index is 1.88. The summed E-state index contributed by atoms with van der Waals surface area (Å²) >= 11 is 1.28. The van der Waals surface area contributed by atoms with Crippen LogP contribution in [0.1, 0.15) is 37.4 Å². The number of hydrogen-bond acceptors (Lipinski definition) is 5. The van der Waals surface area contributed by atoms with Crippen molar-refractivity contribution >= 4 is 22.5 Å². The van der Waals surface area contributed by atoms with Crippen LogP contribution in [0.15, 0.2) is 24.3 Å². The number of nitrogens with one attached hydrogen (secondary N) is 2. The first kappa shape index (κ1) is 17.3. The molecule has 0 aliphatic heterocycles. The maximum Gasteiger partial charge on any atom is 0.321 e. The van der Waals surface area contributed by atoms with Gasteiger partial charge in [0.1, 0.15) is 10.8 Å². The molecule has 2 rings (SSSR count). The molecule has 8 heteroatoms. The topological polar surface area (TPSA) is 87.1 Å². The van der Waals surface area contributed by atoms with E-state index in [1.54, 1.807) is 6.07 Å². The highest BCUT2D eigenvalue weighted by Crippen LogP contribution is 2.27. The molecule has 2 aromatic rings. The zero-order chi connectivity index (χ0) is 17.0. The Morgan fingerprint density at radius 1 is 1.35 bits per heavy atom. The van der Waals surface area contributed by atoms with Crippen LogP contribution in [-0.4, -0.2) is 27.9 Å². The van der Waals surface area contributed by atoms with Crippen molar-refractivity contribution in [3.05, 3.63) is 40.7 Å². The highest BCUT2D eigenvalue weighted by Gasteiger charge is 2.20. The van der Waals surface area contributed by atoms with E-state index in [0.717, 1.165) is 5.01 Å². The minimum atomic E-state index is -1.12. The second-order valence-corrected chi connectivity index (χ2v) is 7.01. The number of aromatic nitrogens is 2. The minimum Gasteiger partial charge on any atom is -0.386 e. The molecule has 0 radical (unpaired) electrons. The first-order chi connectivity index (χ1) is 10.8. The van der Waals surface area contributed by atoms with E-state index >= 15 is 0 Å². The molecule has 1 aromatic heterocycles. The number of carbonyl (C=O) groups excluding carboxylic acids is 1. The fourth-order valence-corrected chi connectivity index (χ4v) is 2.56. The molecule has 0 aliphatic carbocycles. The van der Waals surface area contributed by atoms with Gasteiger partial charge in [0.15, 0.2) is 0 Å². The first-order valence-corrected chi connectivity index (χ1v) is 7.90. The Labute approximate surface area is 137 Å². The summed E-state index contributed by atoms with van der Waals surface area (Å²) in [5.41, 5.74) is -0.00603. The van der Waals surface area contributed by atoms with Gasteiger partial charge in [-0.25, -0.2) is 9.18 Å². The number of benzene rings is 1. The zero-order valence-corrected chi connectivity index (χ0v) is 13.9. The standard InChI is InChI=1S/C15H19FN4O2S/c1-15(2,3)12-19-20-14(23-12)18-13(22)17-8-11(21)9-6-4-5-7-10(9)16/h4-7,11,21H,8H2,1-3H3,(H2,17,18,20,22). The van der Waals surface area contributed by atoms with Crippen molar-refractivity contribution in [3.63, 3.8) is 0 Å². The molecule has 0 fully saturated rings. The highest BCUT2D eigenvalue weighted by molar-refractivity contribution is 7.15. The van der Waals surface area contributed by atoms with Crippen LogP contribution in [0.5, 0.6) is 0 Å². The van der Waals surface area contributed by atoms with Crippen LogP contribution >= 0.6 is 11.3 Å². The number of urea groups is 1. The van der Waals surface area contributed by atoms with Gasteiger partial charge in [-0.1, -0.05) is 50.3 Å². The number of rotatable bonds is 4. The normalized spacial score (nSPS) is 12.7. The maximum absolute atomic E-state index is 13.5. The second kappa shape index (κ2) is 7.01. The third-order valence-corrected chi connectivity index (χ3v) is 4.27. The molecule has 2 amide bonds. The smallest absolute Gasteiger partial charge is 0.321 e. The number of nitrogens with zero attached hydrogens (tertiary/aromatic N) is 2. The summed E-state index contributed by atoms with van der Waals surface area (Å²) in [6.07, 6.45) is -1.12. The van der Waals surface area contributed by atoms with E-state index in [2.05, 4.69) is 20.8 Å². The van der Waals surface area contributed by atoms with Gasteiger partial charge in [-0.3, -0.25) is 5.32 Å². The lowest BCUT2D eigenvalue weighted by atomic mass is 9.98. The fourth-order valence-electron chi connectivity index (χ4n) is 1.76. The molecule has 3 N–H and O–H groups in total. The summed E-state index contributed by atoms with van der Waals surface area (Å²) in [4.78, 5) is 11.8. The number of aliphatic hydroxyl groups excluding tert-OH is 1. The SMILES string of the molecule is CC(C)(C)c1nnc(NC(=O)NCC(O)c2ccccc2F)s1. The summed E-state index contributed by atoms with van der Waals surface area (Å²) in [5, 5.41) is 24.0. The average molecular weight is 338 g/mol. The number of carbonyl (C=O) groups is 1. The van der Waals surface area contributed by atoms with Crippen molar-refractivity contribution in [2.45, 2.75) is 32.3 Å². The van der Waals surface area contributed by atoms with Gasteiger partial charge >= 0.3 is 6.03 Å². The van der Waals surface area contributed by atoms with Crippen LogP contribution in [-0.2, 0) is 5.41 Å². The van der Waals surface area contributed by atoms with Gasteiger partial charge in [-0.15, -0.1) is 10.2 Å². The Hall–Kier alpha value is -2.06. The summed E-state index contributed by atoms with van der Waals surface area (Å²) in [6, 6.07) is 5.36. The van der Waals surface area contributed by atoms with E-state index in [-0.39, 0.29) is 17.5 Å². The third kappa shape index (κ3) is 4.70. The van der Waals surface area contributed by atoms with Crippen molar-refractivity contribution < 1.29 is 14.3 Å². The number of hydrogen-bond donors (Lipinski definition) is 3. The Morgan fingerprint density at radius 2 is 2.04 bits per heavy atom. The molecule has 0 spiro atoms. The fraction of sp³-hybridized carbons (Fsp3) is 0.400. The molecule has 1 atom stereocenters. The van der Waals surface area contributed by atoms with Crippen LogP contribution in [0.2, 0.25) is 0 Å². The molecular weight excluding hydrogens is 319 g/mol. The molecule has 124 valence electrons. The van der Waals surface area contributed by atoms with Crippen LogP contribution in [0.25, 0.3) is 0 Å². The maximum atomic E-state index is 13.5. The minimum absolute atomic E-state index is 0.113. The summed E-state index contributed by atoms with van der Waals surface area (Å²) < 4.78 is 13.5. The third-order valence-electron chi connectivity index (χ3n) is 3.01. The lowest BCUT2D eigenvalue weighted by Gasteiger charge is -2.13. The summed E-state index contributed by atoms with van der Waals surface area (Å²) in [7, 11) is 0. The molecule has 23 heavy (non-hydrogen) atoms. The summed E-state index contributed by atoms with van der Waals surface area (Å²) in [6.45, 7) is 5.89. The van der Waals surface area contributed by atoms with Crippen molar-refractivity contribution in [1.82, 2.24) is 15.5 Å². The zero-order valence-electron chi connectivity index (χ0n) is 13.1. The number of anilines is 1. The second-order valence-electron chi connectivity index (χ2n) is 6.03. The highest BCUT2D eigenvalue weighted by atomic mass is 32.1. The molecular formula is C15H19FN4O2S. The molecule has 6 nitrogen and oxygen atoms in total. The van der Waals surface area contributed by atoms with Crippen LogP contribution < -0.4 is 10.6 Å². The average Bonchev–Trinajstić information content (AvgIpc) is 2.94. The van der Waals surface area contributed by atoms with Gasteiger partial charge in [0.2, 0.25) is 5.13 Å². The molecule has 1 unspecified atom stereocenters. The van der Waals surface area contributed by atoms with E-state index in [1.165, 1.54) is 29.5 Å². The lowest BCUT2D eigenvalue weighted by Crippen LogP contribution is -2.32. The first-order valence-electron chi connectivity index (χ1n) is 7.08. The molecule has 0 bridgehead atoms. The Bertz CT molecular complexity index is 684. The van der Waals surface area contributed by atoms with E-state index in [9.17, 15) is 14.3 Å². The van der Waals surface area contributed by atoms with Crippen LogP contribution in [0.4, 0.5) is 14.3 Å². The van der Waals surface area contributed by atoms with E-state index in [4.69, 9.17) is 0 Å². The van der Waals surface area contributed by atoms with Crippen molar-refractivity contribution in [1.29, 1.82) is 0 Å². The van der Waals surface area contributed by atoms with Gasteiger partial charge in [0, 0.05) is 17.5 Å². The quantitative estimate of drug-likeness (QED) is 0.800. The predicted octanol–water partition coefficient (Wildman–Crippen LogP) is 2.83. The monoisotopic (exact) mass is 338 g/mol. The van der Waals surface area contributed by atoms with Crippen molar-refractivity contribution in [2.75, 3.05) is 11.9 Å². The largest absolute Gasteiger partial charge is 0.386 e. The molecule has 1 heterocycles. The van der Waals surface area contributed by atoms with E-state index < -0.39 is 18.0 Å². The van der Waals surface area contributed by atoms with E-state index in [0.29, 0.717) is 5.13 Å². The Kier molecular flexibility index (Phi) is 5.27. The van der Waals surface area contributed by atoms with Gasteiger partial charge in [-0.05, 0) is 6.07 Å². The van der Waals surface area contributed by atoms with E-state index in [1.807, 2.05) is 20.8 Å². The van der Waals surface area contributed by atoms with Gasteiger partial charge in [0.25, 0.3) is 0 Å². The number of amides is 2. The number of halogens is 1. The Morgan fingerprint density at radius 3 is 2.65 bits per heavy atom. The number of aliphatic hydroxyl groups is 1. The van der Waals surface area contributed by atoms with Crippen LogP contribution in [0, 0.1) is 5.82 Å². The molecule has 0 aliphatic rings. The summed E-state index contributed by atoms with van der Waals surface area (Å²) in [5.74, 6) is -0.513. The van der Waals surface area contributed by atoms with Gasteiger partial charge in [0.05, 0.1) is 6.10 Å². The molecule has 0 saturated heterocycles. The molecule has 0 saturated carbocycles. The van der Waals surface area contributed by atoms with Gasteiger partial charge in [-0.2, -0.15) is 0 Å². The predicted molar refractivity (Wildman–Crippen MR) is 87.0 cm³/mol.